The molecule has 12 aromatic heterocycles. The van der Waals surface area contributed by atoms with Gasteiger partial charge in [0.05, 0.1) is 120 Å². The molecule has 0 spiro atoms. The third-order valence-electron chi connectivity index (χ3n) is 24.4. The molecule has 0 bridgehead atoms. The number of hydrogen-bond acceptors (Lipinski definition) is 30. The highest BCUT2D eigenvalue weighted by atomic mass is 19.4. The molecule has 22 rings (SSSR count). The van der Waals surface area contributed by atoms with Crippen molar-refractivity contribution in [1.82, 2.24) is 118 Å². The number of aliphatic hydroxyl groups excluding tert-OH is 2. The third kappa shape index (κ3) is 25.7. The molecule has 5 fully saturated rings. The topological polar surface area (TPSA) is 366 Å². The quantitative estimate of drug-likeness (QED) is 0.0631. The summed E-state index contributed by atoms with van der Waals surface area (Å²) >= 11 is 0. The van der Waals surface area contributed by atoms with Gasteiger partial charge >= 0.3 is 12.2 Å². The SMILES string of the molecule is COc1nc(N2CCOCC2)c(C)c(-n2ccc(-c3cccc(C)c3)n2)n1.Cc1cccc(-c2ccn(-c3cc(N4CCOCC4)nc(C(F)(F)F)n3)n2)c1.Cc1cccc(-c2ccn(-c3cc(N4CCOCC4)nc(C)n3)n2)c1.Cn1cc(C(O)C#Cc2nc(N3CCOCC3)cc(-n3ccc(-c4ccccc4)n3)n2)cn1.Cn1cc(C(O)CCc2nc(N3CCOCC3)cc(-n3ccc(-c4ccccc4)n3)n2)cn1. The van der Waals surface area contributed by atoms with Crippen LogP contribution in [0.4, 0.5) is 42.3 Å². The van der Waals surface area contributed by atoms with E-state index in [0.29, 0.717) is 119 Å². The van der Waals surface area contributed by atoms with Gasteiger partial charge in [0.1, 0.15) is 46.8 Å². The summed E-state index contributed by atoms with van der Waals surface area (Å²) in [5.41, 5.74) is 15.3. The van der Waals surface area contributed by atoms with E-state index in [1.165, 1.54) is 21.9 Å². The minimum absolute atomic E-state index is 0.0720. The van der Waals surface area contributed by atoms with Crippen molar-refractivity contribution in [2.75, 3.05) is 163 Å². The van der Waals surface area contributed by atoms with Gasteiger partial charge in [-0.3, -0.25) is 9.36 Å². The van der Waals surface area contributed by atoms with E-state index in [2.05, 4.69) is 143 Å². The number of halogens is 3. The Hall–Kier alpha value is -16.2. The fourth-order valence-electron chi connectivity index (χ4n) is 16.8. The number of morpholine rings is 5. The lowest BCUT2D eigenvalue weighted by molar-refractivity contribution is -0.144. The summed E-state index contributed by atoms with van der Waals surface area (Å²) in [5, 5.41) is 52.5. The molecule has 5 saturated heterocycles. The van der Waals surface area contributed by atoms with Crippen LogP contribution >= 0.6 is 0 Å². The molecule has 17 aromatic rings. The standard InChI is InChI=1S/C24H27N7O2.C24H23N7O2.C20H23N5O2.C19H18F3N5O.C19H21N5O/c2*1-29-17-19(16-25-29)21(32)7-8-22-26-23(30-11-13-33-14-12-30)15-24(27-22)31-10-9-20(28-31)18-5-3-2-4-6-18;1-14-5-4-6-16(13-14)17-7-8-25(23-17)19-15(2)18(21-20(22-19)26-3)24-9-11-27-12-10-24;1-13-3-2-4-14(11-13)15-5-6-27(25-15)17-12-16(26-7-9-28-10-8-26)23-18(24-17)19(20,21)22;1-14-4-3-5-16(12-14)17-6-7-24(22-17)19-13-18(20-15(2)21-19)23-8-10-25-11-9-23/h2-6,9-10,15-17,21,32H,7-8,11-14H2,1H3;2-6,9-10,15-17,21,32H,11-14H2,1H3;4-8,13H,9-12H2,1-3H3;2-6,11-12H,7-10H2,1H3;3-7,12-13H,8-11H2,1-2H3. The normalized spacial score (nSPS) is 14.8. The predicted octanol–water partition coefficient (Wildman–Crippen LogP) is 13.6. The Labute approximate surface area is 841 Å². The third-order valence-corrected chi connectivity index (χ3v) is 24.4. The van der Waals surface area contributed by atoms with Gasteiger partial charge in [-0.05, 0) is 95.5 Å². The molecule has 146 heavy (non-hydrogen) atoms. The fourth-order valence-corrected chi connectivity index (χ4v) is 16.8. The Balaban J connectivity index is 0.000000120. The molecular weight excluding hydrogens is 1860 g/mol. The maximum atomic E-state index is 13.3. The van der Waals surface area contributed by atoms with Crippen molar-refractivity contribution >= 4 is 29.1 Å². The van der Waals surface area contributed by atoms with Crippen LogP contribution in [0.5, 0.6) is 6.01 Å². The number of hydrogen-bond donors (Lipinski definition) is 2. The second-order valence-electron chi connectivity index (χ2n) is 35.1. The number of aromatic nitrogens is 24. The zero-order chi connectivity index (χ0) is 101. The average molecular weight is 1980 g/mol. The fraction of sp³-hybridized carbons (Fsp3) is 0.311. The van der Waals surface area contributed by atoms with Gasteiger partial charge in [0.25, 0.3) is 0 Å². The van der Waals surface area contributed by atoms with E-state index in [9.17, 15) is 23.4 Å². The molecule has 40 heteroatoms. The van der Waals surface area contributed by atoms with Crippen LogP contribution in [0.15, 0.2) is 244 Å². The molecule has 2 unspecified atom stereocenters. The van der Waals surface area contributed by atoms with E-state index in [0.717, 1.165) is 174 Å². The molecule has 750 valence electrons. The molecule has 2 atom stereocenters. The highest BCUT2D eigenvalue weighted by Gasteiger charge is 2.37. The van der Waals surface area contributed by atoms with Crippen LogP contribution in [0.1, 0.15) is 75.3 Å². The molecule has 37 nitrogen and oxygen atoms in total. The number of ether oxygens (including phenoxy) is 6. The van der Waals surface area contributed by atoms with Gasteiger partial charge in [-0.25, -0.2) is 63.3 Å². The molecule has 0 radical (unpaired) electrons. The molecule has 0 saturated carbocycles. The predicted molar refractivity (Wildman–Crippen MR) is 545 cm³/mol. The zero-order valence-electron chi connectivity index (χ0n) is 82.3. The Bertz CT molecular complexity index is 7290. The summed E-state index contributed by atoms with van der Waals surface area (Å²) in [4.78, 5) is 55.0. The summed E-state index contributed by atoms with van der Waals surface area (Å²) in [6.07, 6.45) is 10.9. The summed E-state index contributed by atoms with van der Waals surface area (Å²) in [5.74, 6) is 12.8. The van der Waals surface area contributed by atoms with Crippen LogP contribution in [0.2, 0.25) is 0 Å². The number of anilines is 5. The van der Waals surface area contributed by atoms with Crippen LogP contribution < -0.4 is 29.2 Å². The minimum Gasteiger partial charge on any atom is -0.467 e. The average Bonchev–Trinajstić information content (AvgIpc) is 1.23. The van der Waals surface area contributed by atoms with E-state index in [-0.39, 0.29) is 11.6 Å². The van der Waals surface area contributed by atoms with E-state index in [1.54, 1.807) is 73.3 Å². The monoisotopic (exact) mass is 1980 g/mol. The van der Waals surface area contributed by atoms with Crippen LogP contribution in [0.25, 0.3) is 85.4 Å². The van der Waals surface area contributed by atoms with E-state index >= 15 is 0 Å². The number of methoxy groups -OCH3 is 1. The number of alkyl halides is 3. The van der Waals surface area contributed by atoms with Crippen molar-refractivity contribution in [3.63, 3.8) is 0 Å². The second-order valence-corrected chi connectivity index (χ2v) is 35.1. The van der Waals surface area contributed by atoms with Crippen molar-refractivity contribution in [2.45, 2.75) is 65.8 Å². The Kier molecular flexibility index (Phi) is 32.1. The highest BCUT2D eigenvalue weighted by Crippen LogP contribution is 2.34. The van der Waals surface area contributed by atoms with Gasteiger partial charge in [-0.15, -0.1) is 0 Å². The Morgan fingerprint density at radius 2 is 0.712 bits per heavy atom. The highest BCUT2D eigenvalue weighted by molar-refractivity contribution is 5.65. The smallest absolute Gasteiger partial charge is 0.451 e. The van der Waals surface area contributed by atoms with Crippen LogP contribution in [0, 0.1) is 46.5 Å². The van der Waals surface area contributed by atoms with Gasteiger partial charge in [-0.1, -0.05) is 138 Å². The first-order valence-corrected chi connectivity index (χ1v) is 48.2. The number of rotatable bonds is 21. The first kappa shape index (κ1) is 100.0. The van der Waals surface area contributed by atoms with Gasteiger partial charge in [0, 0.05) is 198 Å². The van der Waals surface area contributed by atoms with Crippen molar-refractivity contribution in [1.29, 1.82) is 0 Å². The lowest BCUT2D eigenvalue weighted by atomic mass is 10.1. The number of aliphatic hydroxyl groups is 2. The van der Waals surface area contributed by atoms with Gasteiger partial charge < -0.3 is 63.1 Å². The molecule has 17 heterocycles. The van der Waals surface area contributed by atoms with E-state index in [1.807, 2.05) is 197 Å². The van der Waals surface area contributed by atoms with Crippen molar-refractivity contribution in [3.8, 4) is 103 Å². The largest absolute Gasteiger partial charge is 0.467 e. The molecule has 2 N–H and O–H groups in total. The van der Waals surface area contributed by atoms with Gasteiger partial charge in [0.15, 0.2) is 29.1 Å². The number of benzene rings is 5. The number of aryl methyl sites for hydroxylation is 7. The summed E-state index contributed by atoms with van der Waals surface area (Å²) in [7, 11) is 5.21. The summed E-state index contributed by atoms with van der Waals surface area (Å²) in [6.45, 7) is 23.7. The lowest BCUT2D eigenvalue weighted by Crippen LogP contribution is -2.37. The molecule has 5 aliphatic rings. The molecule has 0 amide bonds. The minimum atomic E-state index is -4.65. The summed E-state index contributed by atoms with van der Waals surface area (Å²) < 4.78 is 84.3. The van der Waals surface area contributed by atoms with Gasteiger partial charge in [-0.2, -0.15) is 58.8 Å². The second kappa shape index (κ2) is 46.9. The zero-order valence-corrected chi connectivity index (χ0v) is 82.3. The van der Waals surface area contributed by atoms with Gasteiger partial charge in [0.2, 0.25) is 11.6 Å². The number of nitrogens with zero attached hydrogens (tertiary/aromatic N) is 29. The van der Waals surface area contributed by atoms with E-state index < -0.39 is 24.2 Å². The maximum absolute atomic E-state index is 13.3. The van der Waals surface area contributed by atoms with E-state index in [4.69, 9.17) is 58.8 Å². The first-order valence-electron chi connectivity index (χ1n) is 48.2. The molecule has 5 aromatic carbocycles. The molecular formula is C106H112F3N29O8. The van der Waals surface area contributed by atoms with Crippen LogP contribution in [-0.2, 0) is 50.4 Å². The molecule has 0 aliphatic carbocycles. The lowest BCUT2D eigenvalue weighted by Gasteiger charge is -2.29. The first-order chi connectivity index (χ1) is 71.0. The van der Waals surface area contributed by atoms with Crippen molar-refractivity contribution < 1.29 is 51.8 Å². The van der Waals surface area contributed by atoms with Crippen molar-refractivity contribution in [2.24, 2.45) is 14.1 Å². The van der Waals surface area contributed by atoms with Crippen LogP contribution in [-0.4, -0.2) is 267 Å². The van der Waals surface area contributed by atoms with Crippen molar-refractivity contribution in [3.05, 3.63) is 301 Å². The Morgan fingerprint density at radius 3 is 1.14 bits per heavy atom. The molecule has 5 aliphatic heterocycles. The summed E-state index contributed by atoms with van der Waals surface area (Å²) in [6, 6.07) is 61.9. The Morgan fingerprint density at radius 1 is 0.370 bits per heavy atom. The maximum Gasteiger partial charge on any atom is 0.451 e. The van der Waals surface area contributed by atoms with Crippen LogP contribution in [0.3, 0.4) is 0 Å².